The van der Waals surface area contributed by atoms with Crippen LogP contribution in [-0.2, 0) is 0 Å². The van der Waals surface area contributed by atoms with Gasteiger partial charge in [-0.1, -0.05) is 19.9 Å². The van der Waals surface area contributed by atoms with Gasteiger partial charge in [-0.3, -0.25) is 0 Å². The molecule has 0 heterocycles. The lowest BCUT2D eigenvalue weighted by molar-refractivity contribution is -0.0271. The van der Waals surface area contributed by atoms with E-state index in [1.807, 2.05) is 13.8 Å². The van der Waals surface area contributed by atoms with Crippen LogP contribution in [0.25, 0.3) is 0 Å². The molecule has 0 spiro atoms. The van der Waals surface area contributed by atoms with E-state index in [1.54, 1.807) is 39.2 Å². The molecule has 0 radical (unpaired) electrons. The molecular formula is C15H24O4. The molecule has 0 fully saturated rings. The summed E-state index contributed by atoms with van der Waals surface area (Å²) in [6.07, 6.45) is -0.554. The third-order valence-electron chi connectivity index (χ3n) is 3.43. The Morgan fingerprint density at radius 3 is 2.32 bits per heavy atom. The van der Waals surface area contributed by atoms with E-state index in [1.165, 1.54) is 0 Å². The second kappa shape index (κ2) is 6.26. The van der Waals surface area contributed by atoms with Crippen molar-refractivity contribution in [2.45, 2.75) is 39.4 Å². The van der Waals surface area contributed by atoms with Crippen LogP contribution in [0.3, 0.4) is 0 Å². The van der Waals surface area contributed by atoms with Crippen LogP contribution in [0.2, 0.25) is 0 Å². The zero-order chi connectivity index (χ0) is 14.6. The van der Waals surface area contributed by atoms with Crippen LogP contribution in [0.15, 0.2) is 18.2 Å². The maximum Gasteiger partial charge on any atom is 0.161 e. The zero-order valence-electron chi connectivity index (χ0n) is 12.3. The molecule has 108 valence electrons. The molecule has 0 saturated heterocycles. The molecule has 0 aliphatic rings. The maximum atomic E-state index is 10.2. The Morgan fingerprint density at radius 1 is 1.21 bits per heavy atom. The molecule has 1 rings (SSSR count). The standard InChI is InChI=1S/C15H24O4/c1-10(2)15(4,17)9-19-13-7-6-12(11(3)16)8-14(13)18-5/h6-8,10-11,16-17H,9H2,1-5H3/t11-,15?/m1/s1. The van der Waals surface area contributed by atoms with Crippen LogP contribution in [-0.4, -0.2) is 29.5 Å². The summed E-state index contributed by atoms with van der Waals surface area (Å²) in [5, 5.41) is 19.7. The first-order valence-electron chi connectivity index (χ1n) is 6.49. The van der Waals surface area contributed by atoms with Crippen LogP contribution in [0.4, 0.5) is 0 Å². The lowest BCUT2D eigenvalue weighted by atomic mass is 9.94. The van der Waals surface area contributed by atoms with Crippen molar-refractivity contribution in [3.8, 4) is 11.5 Å². The van der Waals surface area contributed by atoms with E-state index >= 15 is 0 Å². The normalized spacial score (nSPS) is 16.0. The summed E-state index contributed by atoms with van der Waals surface area (Å²) in [4.78, 5) is 0. The third kappa shape index (κ3) is 4.11. The Bertz CT molecular complexity index is 411. The average Bonchev–Trinajstić information content (AvgIpc) is 2.35. The fourth-order valence-corrected chi connectivity index (χ4v) is 1.45. The van der Waals surface area contributed by atoms with Gasteiger partial charge in [-0.2, -0.15) is 0 Å². The lowest BCUT2D eigenvalue weighted by Crippen LogP contribution is -2.37. The molecule has 4 heteroatoms. The minimum Gasteiger partial charge on any atom is -0.493 e. The minimum atomic E-state index is -0.895. The SMILES string of the molecule is COc1cc([C@@H](C)O)ccc1OCC(C)(O)C(C)C. The Labute approximate surface area is 115 Å². The van der Waals surface area contributed by atoms with Crippen molar-refractivity contribution in [2.24, 2.45) is 5.92 Å². The molecule has 19 heavy (non-hydrogen) atoms. The molecule has 0 aliphatic heterocycles. The van der Waals surface area contributed by atoms with Crippen molar-refractivity contribution >= 4 is 0 Å². The highest BCUT2D eigenvalue weighted by atomic mass is 16.5. The molecule has 0 saturated carbocycles. The number of aliphatic hydroxyl groups excluding tert-OH is 1. The second-order valence-electron chi connectivity index (χ2n) is 5.39. The van der Waals surface area contributed by atoms with Crippen LogP contribution >= 0.6 is 0 Å². The van der Waals surface area contributed by atoms with Crippen molar-refractivity contribution in [1.82, 2.24) is 0 Å². The molecule has 1 unspecified atom stereocenters. The van der Waals surface area contributed by atoms with Crippen molar-refractivity contribution in [1.29, 1.82) is 0 Å². The predicted octanol–water partition coefficient (Wildman–Crippen LogP) is 2.53. The van der Waals surface area contributed by atoms with E-state index in [9.17, 15) is 10.2 Å². The average molecular weight is 268 g/mol. The van der Waals surface area contributed by atoms with Crippen molar-refractivity contribution in [3.63, 3.8) is 0 Å². The van der Waals surface area contributed by atoms with Crippen LogP contribution in [0.1, 0.15) is 39.4 Å². The second-order valence-corrected chi connectivity index (χ2v) is 5.39. The van der Waals surface area contributed by atoms with Crippen LogP contribution in [0.5, 0.6) is 11.5 Å². The predicted molar refractivity (Wildman–Crippen MR) is 74.6 cm³/mol. The number of hydrogen-bond acceptors (Lipinski definition) is 4. The Morgan fingerprint density at radius 2 is 1.84 bits per heavy atom. The fraction of sp³-hybridized carbons (Fsp3) is 0.600. The molecule has 2 N–H and O–H groups in total. The smallest absolute Gasteiger partial charge is 0.161 e. The largest absolute Gasteiger partial charge is 0.493 e. The third-order valence-corrected chi connectivity index (χ3v) is 3.43. The van der Waals surface area contributed by atoms with E-state index in [4.69, 9.17) is 9.47 Å². The first kappa shape index (κ1) is 15.8. The number of aliphatic hydroxyl groups is 2. The maximum absolute atomic E-state index is 10.2. The summed E-state index contributed by atoms with van der Waals surface area (Å²) in [7, 11) is 1.55. The first-order valence-corrected chi connectivity index (χ1v) is 6.49. The van der Waals surface area contributed by atoms with Gasteiger partial charge in [0.1, 0.15) is 6.61 Å². The molecule has 1 aromatic rings. The fourth-order valence-electron chi connectivity index (χ4n) is 1.45. The van der Waals surface area contributed by atoms with Crippen molar-refractivity contribution in [3.05, 3.63) is 23.8 Å². The number of ether oxygens (including phenoxy) is 2. The van der Waals surface area contributed by atoms with Gasteiger partial charge in [0.25, 0.3) is 0 Å². The van der Waals surface area contributed by atoms with Gasteiger partial charge in [0.2, 0.25) is 0 Å². The summed E-state index contributed by atoms with van der Waals surface area (Å²) >= 11 is 0. The molecule has 1 aromatic carbocycles. The van der Waals surface area contributed by atoms with Crippen molar-refractivity contribution in [2.75, 3.05) is 13.7 Å². The van der Waals surface area contributed by atoms with E-state index in [2.05, 4.69) is 0 Å². The molecule has 0 bridgehead atoms. The van der Waals surface area contributed by atoms with Crippen LogP contribution < -0.4 is 9.47 Å². The van der Waals surface area contributed by atoms with Crippen molar-refractivity contribution < 1.29 is 19.7 Å². The van der Waals surface area contributed by atoms with Crippen LogP contribution in [0, 0.1) is 5.92 Å². The lowest BCUT2D eigenvalue weighted by Gasteiger charge is -2.27. The van der Waals surface area contributed by atoms with Gasteiger partial charge in [0.05, 0.1) is 18.8 Å². The summed E-state index contributed by atoms with van der Waals surface area (Å²) in [5.41, 5.74) is -0.131. The van der Waals surface area contributed by atoms with Gasteiger partial charge in [0, 0.05) is 0 Å². The monoisotopic (exact) mass is 268 g/mol. The van der Waals surface area contributed by atoms with E-state index in [0.717, 1.165) is 5.56 Å². The van der Waals surface area contributed by atoms with Gasteiger partial charge in [-0.05, 0) is 37.5 Å². The zero-order valence-corrected chi connectivity index (χ0v) is 12.3. The summed E-state index contributed by atoms with van der Waals surface area (Å²) in [5.74, 6) is 1.21. The molecule has 4 nitrogen and oxygen atoms in total. The highest BCUT2D eigenvalue weighted by Crippen LogP contribution is 2.31. The Hall–Kier alpha value is -1.26. The van der Waals surface area contributed by atoms with E-state index < -0.39 is 11.7 Å². The van der Waals surface area contributed by atoms with Gasteiger partial charge < -0.3 is 19.7 Å². The summed E-state index contributed by atoms with van der Waals surface area (Å²) < 4.78 is 10.9. The molecular weight excluding hydrogens is 244 g/mol. The van der Waals surface area contributed by atoms with Gasteiger partial charge in [-0.25, -0.2) is 0 Å². The Kier molecular flexibility index (Phi) is 5.20. The molecule has 2 atom stereocenters. The Balaban J connectivity index is 2.84. The van der Waals surface area contributed by atoms with Gasteiger partial charge in [0.15, 0.2) is 11.5 Å². The quantitative estimate of drug-likeness (QED) is 0.832. The molecule has 0 aliphatic carbocycles. The number of rotatable bonds is 6. The number of benzene rings is 1. The van der Waals surface area contributed by atoms with Gasteiger partial charge >= 0.3 is 0 Å². The summed E-state index contributed by atoms with van der Waals surface area (Å²) in [6.45, 7) is 7.51. The first-order chi connectivity index (χ1) is 8.77. The number of hydrogen-bond donors (Lipinski definition) is 2. The topological polar surface area (TPSA) is 58.9 Å². The van der Waals surface area contributed by atoms with E-state index in [-0.39, 0.29) is 12.5 Å². The number of methoxy groups -OCH3 is 1. The molecule has 0 amide bonds. The molecule has 0 aromatic heterocycles. The van der Waals surface area contributed by atoms with E-state index in [0.29, 0.717) is 11.5 Å². The minimum absolute atomic E-state index is 0.0928. The summed E-state index contributed by atoms with van der Waals surface area (Å²) in [6, 6.07) is 5.27. The van der Waals surface area contributed by atoms with Gasteiger partial charge in [-0.15, -0.1) is 0 Å². The highest BCUT2D eigenvalue weighted by molar-refractivity contribution is 5.43. The highest BCUT2D eigenvalue weighted by Gasteiger charge is 2.26.